The zero-order valence-electron chi connectivity index (χ0n) is 17.6. The van der Waals surface area contributed by atoms with Crippen LogP contribution in [-0.4, -0.2) is 23.8 Å². The Hall–Kier alpha value is -0.700. The standard InChI is InChI=1S/C20H30O2.C2H6.CH4O/c1-3-20-11-9-14-15(17(20)5-4-13(21)12-20)8-10-19(2)16(14)6-7-18(19)22;2*1-2/h14-17H,3-12H2,1-2H3;1-2H3;2H,1H3. The second-order valence-electron chi connectivity index (χ2n) is 8.97. The molecule has 0 saturated heterocycles. The number of fused-ring (bicyclic) bond motifs is 5. The molecule has 0 spiro atoms. The monoisotopic (exact) mass is 364 g/mol. The number of hydrogen-bond acceptors (Lipinski definition) is 3. The molecule has 0 aromatic carbocycles. The van der Waals surface area contributed by atoms with Crippen LogP contribution in [-0.2, 0) is 9.59 Å². The minimum atomic E-state index is -0.00212. The van der Waals surface area contributed by atoms with Gasteiger partial charge in [-0.05, 0) is 74.0 Å². The normalized spacial score (nSPS) is 43.8. The summed E-state index contributed by atoms with van der Waals surface area (Å²) >= 11 is 0. The van der Waals surface area contributed by atoms with E-state index in [9.17, 15) is 9.59 Å². The molecule has 3 heteroatoms. The van der Waals surface area contributed by atoms with Crippen LogP contribution in [0.3, 0.4) is 0 Å². The minimum absolute atomic E-state index is 0.00212. The van der Waals surface area contributed by atoms with Gasteiger partial charge in [-0.1, -0.05) is 27.7 Å². The Kier molecular flexibility index (Phi) is 7.10. The Labute approximate surface area is 160 Å². The summed E-state index contributed by atoms with van der Waals surface area (Å²) in [5, 5.41) is 7.00. The molecule has 0 aliphatic heterocycles. The van der Waals surface area contributed by atoms with Crippen molar-refractivity contribution in [1.29, 1.82) is 0 Å². The fraction of sp³-hybridized carbons (Fsp3) is 0.913. The van der Waals surface area contributed by atoms with Gasteiger partial charge in [0.1, 0.15) is 11.6 Å². The Balaban J connectivity index is 0.000000570. The van der Waals surface area contributed by atoms with Crippen molar-refractivity contribution in [3.63, 3.8) is 0 Å². The second kappa shape index (κ2) is 8.54. The summed E-state index contributed by atoms with van der Waals surface area (Å²) in [7, 11) is 1.00. The van der Waals surface area contributed by atoms with Gasteiger partial charge in [-0.15, -0.1) is 0 Å². The van der Waals surface area contributed by atoms with Gasteiger partial charge in [-0.2, -0.15) is 0 Å². The highest BCUT2D eigenvalue weighted by Gasteiger charge is 2.59. The number of aliphatic hydroxyl groups excluding tert-OH is 1. The van der Waals surface area contributed by atoms with E-state index < -0.39 is 0 Å². The number of carbonyl (C=O) groups is 2. The smallest absolute Gasteiger partial charge is 0.139 e. The summed E-state index contributed by atoms with van der Waals surface area (Å²) in [6.45, 7) is 8.56. The van der Waals surface area contributed by atoms with E-state index in [1.54, 1.807) is 0 Å². The number of ketones is 2. The van der Waals surface area contributed by atoms with Crippen LogP contribution in [0.25, 0.3) is 0 Å². The summed E-state index contributed by atoms with van der Waals surface area (Å²) in [5.74, 6) is 4.02. The summed E-state index contributed by atoms with van der Waals surface area (Å²) in [4.78, 5) is 24.5. The average Bonchev–Trinajstić information content (AvgIpc) is 2.99. The maximum absolute atomic E-state index is 12.4. The predicted octanol–water partition coefficient (Wildman–Crippen LogP) is 5.19. The van der Waals surface area contributed by atoms with Gasteiger partial charge in [0, 0.05) is 31.8 Å². The van der Waals surface area contributed by atoms with E-state index in [0.717, 1.165) is 63.4 Å². The quantitative estimate of drug-likeness (QED) is 0.696. The molecular formula is C23H40O3. The van der Waals surface area contributed by atoms with E-state index in [1.807, 2.05) is 13.8 Å². The molecule has 4 rings (SSSR count). The van der Waals surface area contributed by atoms with Crippen LogP contribution in [0, 0.1) is 34.5 Å². The molecule has 0 amide bonds. The molecule has 0 bridgehead atoms. The first-order valence-electron chi connectivity index (χ1n) is 11.0. The van der Waals surface area contributed by atoms with E-state index >= 15 is 0 Å². The molecule has 6 atom stereocenters. The van der Waals surface area contributed by atoms with Crippen LogP contribution >= 0.6 is 0 Å². The van der Waals surface area contributed by atoms with Crippen LogP contribution in [0.2, 0.25) is 0 Å². The molecule has 3 nitrogen and oxygen atoms in total. The van der Waals surface area contributed by atoms with Crippen molar-refractivity contribution in [3.05, 3.63) is 0 Å². The van der Waals surface area contributed by atoms with Crippen molar-refractivity contribution in [1.82, 2.24) is 0 Å². The van der Waals surface area contributed by atoms with Gasteiger partial charge in [0.15, 0.2) is 0 Å². The van der Waals surface area contributed by atoms with Gasteiger partial charge >= 0.3 is 0 Å². The van der Waals surface area contributed by atoms with Crippen molar-refractivity contribution in [2.45, 2.75) is 91.9 Å². The second-order valence-corrected chi connectivity index (χ2v) is 8.97. The maximum Gasteiger partial charge on any atom is 0.139 e. The Morgan fingerprint density at radius 2 is 1.50 bits per heavy atom. The molecule has 6 unspecified atom stereocenters. The van der Waals surface area contributed by atoms with Gasteiger partial charge in [0.25, 0.3) is 0 Å². The number of carbonyl (C=O) groups excluding carboxylic acids is 2. The van der Waals surface area contributed by atoms with Crippen LogP contribution in [0.15, 0.2) is 0 Å². The summed E-state index contributed by atoms with van der Waals surface area (Å²) < 4.78 is 0. The number of aliphatic hydroxyl groups is 1. The van der Waals surface area contributed by atoms with E-state index in [1.165, 1.54) is 25.7 Å². The van der Waals surface area contributed by atoms with Crippen molar-refractivity contribution in [3.8, 4) is 0 Å². The van der Waals surface area contributed by atoms with Crippen LogP contribution in [0.4, 0.5) is 0 Å². The molecule has 4 aliphatic carbocycles. The average molecular weight is 365 g/mol. The maximum atomic E-state index is 12.4. The molecule has 4 saturated carbocycles. The first kappa shape index (κ1) is 21.6. The molecule has 4 aliphatic rings. The van der Waals surface area contributed by atoms with Crippen molar-refractivity contribution in [2.75, 3.05) is 7.11 Å². The Morgan fingerprint density at radius 1 is 0.923 bits per heavy atom. The molecule has 26 heavy (non-hydrogen) atoms. The third-order valence-corrected chi connectivity index (χ3v) is 8.47. The molecule has 1 N–H and O–H groups in total. The largest absolute Gasteiger partial charge is 0.400 e. The summed E-state index contributed by atoms with van der Waals surface area (Å²) in [5.41, 5.74) is 0.310. The molecule has 0 aromatic heterocycles. The van der Waals surface area contributed by atoms with Gasteiger partial charge in [-0.3, -0.25) is 9.59 Å². The van der Waals surface area contributed by atoms with Gasteiger partial charge < -0.3 is 5.11 Å². The first-order chi connectivity index (χ1) is 12.5. The van der Waals surface area contributed by atoms with Crippen LogP contribution in [0.1, 0.15) is 91.9 Å². The zero-order valence-corrected chi connectivity index (χ0v) is 17.6. The van der Waals surface area contributed by atoms with Gasteiger partial charge in [0.2, 0.25) is 0 Å². The summed E-state index contributed by atoms with van der Waals surface area (Å²) in [6.07, 6.45) is 10.8. The van der Waals surface area contributed by atoms with Gasteiger partial charge in [-0.25, -0.2) is 0 Å². The van der Waals surface area contributed by atoms with Crippen molar-refractivity contribution in [2.24, 2.45) is 34.5 Å². The Morgan fingerprint density at radius 3 is 2.15 bits per heavy atom. The topological polar surface area (TPSA) is 54.4 Å². The van der Waals surface area contributed by atoms with Crippen molar-refractivity contribution >= 4 is 11.6 Å². The lowest BCUT2D eigenvalue weighted by Crippen LogP contribution is -2.53. The molecule has 0 radical (unpaired) electrons. The highest BCUT2D eigenvalue weighted by Crippen LogP contribution is 2.64. The van der Waals surface area contributed by atoms with Crippen LogP contribution < -0.4 is 0 Å². The molecular weight excluding hydrogens is 324 g/mol. The minimum Gasteiger partial charge on any atom is -0.400 e. The molecule has 0 aromatic rings. The first-order valence-corrected chi connectivity index (χ1v) is 11.0. The lowest BCUT2D eigenvalue weighted by molar-refractivity contribution is -0.143. The zero-order chi connectivity index (χ0) is 19.5. The Bertz CT molecular complexity index is 514. The van der Waals surface area contributed by atoms with Gasteiger partial charge in [0.05, 0.1) is 0 Å². The van der Waals surface area contributed by atoms with Crippen molar-refractivity contribution < 1.29 is 14.7 Å². The predicted molar refractivity (Wildman–Crippen MR) is 106 cm³/mol. The third-order valence-electron chi connectivity index (χ3n) is 8.47. The van der Waals surface area contributed by atoms with E-state index in [-0.39, 0.29) is 5.41 Å². The number of Topliss-reactive ketones (excluding diaryl/α,β-unsaturated/α-hetero) is 2. The highest BCUT2D eigenvalue weighted by molar-refractivity contribution is 5.87. The van der Waals surface area contributed by atoms with Crippen LogP contribution in [0.5, 0.6) is 0 Å². The third kappa shape index (κ3) is 3.30. The molecule has 4 fully saturated rings. The van der Waals surface area contributed by atoms with E-state index in [2.05, 4.69) is 13.8 Å². The van der Waals surface area contributed by atoms with E-state index in [0.29, 0.717) is 22.9 Å². The molecule has 0 heterocycles. The number of rotatable bonds is 1. The highest BCUT2D eigenvalue weighted by atomic mass is 16.2. The summed E-state index contributed by atoms with van der Waals surface area (Å²) in [6, 6.07) is 0. The SMILES string of the molecule is CC.CCC12CCC3C(CCC4(C)C(=O)CCC34)C1CCC(=O)C2.CO. The lowest BCUT2D eigenvalue weighted by atomic mass is 9.46. The number of hydrogen-bond donors (Lipinski definition) is 1. The van der Waals surface area contributed by atoms with E-state index in [4.69, 9.17) is 5.11 Å². The lowest BCUT2D eigenvalue weighted by Gasteiger charge is -2.58. The fourth-order valence-electron chi connectivity index (χ4n) is 7.20. The fourth-order valence-corrected chi connectivity index (χ4v) is 7.20. The molecule has 150 valence electrons.